The van der Waals surface area contributed by atoms with Gasteiger partial charge in [0.1, 0.15) is 5.60 Å². The van der Waals surface area contributed by atoms with E-state index < -0.39 is 17.7 Å². The zero-order chi connectivity index (χ0) is 14.9. The molecule has 2 aliphatic rings. The van der Waals surface area contributed by atoms with E-state index in [0.717, 1.165) is 18.3 Å². The zero-order valence-electron chi connectivity index (χ0n) is 12.6. The third kappa shape index (κ3) is 3.62. The van der Waals surface area contributed by atoms with Crippen LogP contribution in [0.2, 0.25) is 0 Å². The molecule has 2 fully saturated rings. The first kappa shape index (κ1) is 15.1. The Kier molecular flexibility index (Phi) is 4.21. The quantitative estimate of drug-likeness (QED) is 0.787. The fourth-order valence-corrected chi connectivity index (χ4v) is 3.43. The van der Waals surface area contributed by atoms with Crippen LogP contribution < -0.4 is 5.32 Å². The second-order valence-electron chi connectivity index (χ2n) is 6.96. The average molecular weight is 279 g/mol. The number of amides is 1. The van der Waals surface area contributed by atoms with Crippen molar-refractivity contribution in [2.24, 2.45) is 17.8 Å². The molecule has 4 nitrogen and oxygen atoms in total. The summed E-state index contributed by atoms with van der Waals surface area (Å²) in [6.45, 7) is 8.94. The van der Waals surface area contributed by atoms with E-state index in [4.69, 9.17) is 4.74 Å². The minimum Gasteiger partial charge on any atom is -0.444 e. The van der Waals surface area contributed by atoms with E-state index in [1.54, 1.807) is 0 Å². The van der Waals surface area contributed by atoms with Gasteiger partial charge >= 0.3 is 6.09 Å². The first-order valence-corrected chi connectivity index (χ1v) is 7.47. The van der Waals surface area contributed by atoms with Gasteiger partial charge in [-0.05, 0) is 63.9 Å². The largest absolute Gasteiger partial charge is 0.444 e. The summed E-state index contributed by atoms with van der Waals surface area (Å²) in [5.74, 6) is 2.01. The Morgan fingerprint density at radius 3 is 2.45 bits per heavy atom. The normalized spacial score (nSPS) is 29.2. The van der Waals surface area contributed by atoms with Crippen molar-refractivity contribution in [2.75, 3.05) is 0 Å². The fraction of sp³-hybridized carbons (Fsp3) is 0.750. The van der Waals surface area contributed by atoms with Gasteiger partial charge in [0, 0.05) is 0 Å². The third-order valence-corrected chi connectivity index (χ3v) is 4.33. The summed E-state index contributed by atoms with van der Waals surface area (Å²) in [6.07, 6.45) is 5.35. The summed E-state index contributed by atoms with van der Waals surface area (Å²) in [5, 5.41) is 2.70. The minimum absolute atomic E-state index is 0.124. The number of nitrogens with one attached hydrogen (secondary N) is 1. The van der Waals surface area contributed by atoms with Crippen LogP contribution >= 0.6 is 0 Å². The molecular weight excluding hydrogens is 254 g/mol. The molecule has 0 aromatic carbocycles. The predicted octanol–water partition coefficient (Wildman–Crippen LogP) is 3.07. The van der Waals surface area contributed by atoms with Crippen molar-refractivity contribution < 1.29 is 14.3 Å². The Hall–Kier alpha value is -1.32. The standard InChI is InChI=1S/C16H25NO3/c1-5-14(18)13(17-15(19)20-16(2,3)4)9-12-10-7-6-8-11(10)12/h5,10-13H,1,6-9H2,2-4H3,(H,17,19)/t10-,11+,12?,13-/m0/s1. The third-order valence-electron chi connectivity index (χ3n) is 4.33. The molecular formula is C16H25NO3. The molecule has 1 unspecified atom stereocenters. The van der Waals surface area contributed by atoms with Crippen molar-refractivity contribution in [3.8, 4) is 0 Å². The molecule has 0 aliphatic heterocycles. The maximum Gasteiger partial charge on any atom is 0.408 e. The Bertz CT molecular complexity index is 400. The van der Waals surface area contributed by atoms with Crippen molar-refractivity contribution in [1.29, 1.82) is 0 Å². The highest BCUT2D eigenvalue weighted by Gasteiger charge is 2.53. The van der Waals surface area contributed by atoms with Gasteiger partial charge in [0.2, 0.25) is 0 Å². The molecule has 0 spiro atoms. The van der Waals surface area contributed by atoms with Gasteiger partial charge in [-0.1, -0.05) is 13.0 Å². The maximum absolute atomic E-state index is 11.9. The lowest BCUT2D eigenvalue weighted by molar-refractivity contribution is -0.116. The Balaban J connectivity index is 1.89. The van der Waals surface area contributed by atoms with E-state index in [1.165, 1.54) is 25.3 Å². The molecule has 0 aromatic rings. The lowest BCUT2D eigenvalue weighted by Crippen LogP contribution is -2.43. The van der Waals surface area contributed by atoms with Crippen LogP contribution in [0.5, 0.6) is 0 Å². The van der Waals surface area contributed by atoms with Gasteiger partial charge in [-0.15, -0.1) is 0 Å². The molecule has 0 aromatic heterocycles. The highest BCUT2D eigenvalue weighted by atomic mass is 16.6. The van der Waals surface area contributed by atoms with Gasteiger partial charge in [-0.3, -0.25) is 4.79 Å². The number of fused-ring (bicyclic) bond motifs is 1. The number of ether oxygens (including phenoxy) is 1. The SMILES string of the molecule is C=CC(=O)[C@H](CC1[C@H]2CCC[C@@H]12)NC(=O)OC(C)(C)C. The topological polar surface area (TPSA) is 55.4 Å². The molecule has 0 saturated heterocycles. The number of carbonyl (C=O) groups is 2. The monoisotopic (exact) mass is 279 g/mol. The van der Waals surface area contributed by atoms with Gasteiger partial charge in [0.05, 0.1) is 6.04 Å². The van der Waals surface area contributed by atoms with Crippen LogP contribution in [-0.2, 0) is 9.53 Å². The molecule has 2 aliphatic carbocycles. The van der Waals surface area contributed by atoms with Crippen molar-refractivity contribution in [1.82, 2.24) is 5.32 Å². The maximum atomic E-state index is 11.9. The summed E-state index contributed by atoms with van der Waals surface area (Å²) in [5.41, 5.74) is -0.554. The summed E-state index contributed by atoms with van der Waals surface area (Å²) < 4.78 is 5.22. The van der Waals surface area contributed by atoms with E-state index in [2.05, 4.69) is 11.9 Å². The molecule has 4 atom stereocenters. The molecule has 1 amide bonds. The Morgan fingerprint density at radius 1 is 1.35 bits per heavy atom. The Labute approximate surface area is 120 Å². The lowest BCUT2D eigenvalue weighted by Gasteiger charge is -2.23. The van der Waals surface area contributed by atoms with Crippen LogP contribution in [0.1, 0.15) is 46.5 Å². The van der Waals surface area contributed by atoms with E-state index >= 15 is 0 Å². The number of hydrogen-bond donors (Lipinski definition) is 1. The Morgan fingerprint density at radius 2 is 1.95 bits per heavy atom. The number of ketones is 1. The molecule has 4 heteroatoms. The van der Waals surface area contributed by atoms with Crippen molar-refractivity contribution in [3.05, 3.63) is 12.7 Å². The van der Waals surface area contributed by atoms with Crippen molar-refractivity contribution >= 4 is 11.9 Å². The van der Waals surface area contributed by atoms with Crippen LogP contribution in [0.4, 0.5) is 4.79 Å². The number of hydrogen-bond acceptors (Lipinski definition) is 3. The van der Waals surface area contributed by atoms with Crippen LogP contribution in [0.3, 0.4) is 0 Å². The average Bonchev–Trinajstić information content (AvgIpc) is 2.77. The highest BCUT2D eigenvalue weighted by Crippen LogP contribution is 2.59. The zero-order valence-corrected chi connectivity index (χ0v) is 12.6. The summed E-state index contributed by atoms with van der Waals surface area (Å²) in [6, 6.07) is -0.488. The second-order valence-corrected chi connectivity index (χ2v) is 6.96. The molecule has 0 bridgehead atoms. The molecule has 112 valence electrons. The van der Waals surface area contributed by atoms with E-state index in [9.17, 15) is 9.59 Å². The number of alkyl carbamates (subject to hydrolysis) is 1. The lowest BCUT2D eigenvalue weighted by atomic mass is 10.0. The number of carbonyl (C=O) groups excluding carboxylic acids is 2. The van der Waals surface area contributed by atoms with Gasteiger partial charge in [-0.25, -0.2) is 4.79 Å². The molecule has 2 rings (SSSR count). The molecule has 1 N–H and O–H groups in total. The van der Waals surface area contributed by atoms with Crippen LogP contribution in [0.25, 0.3) is 0 Å². The predicted molar refractivity (Wildman–Crippen MR) is 77.3 cm³/mol. The first-order chi connectivity index (χ1) is 9.31. The van der Waals surface area contributed by atoms with Crippen molar-refractivity contribution in [3.63, 3.8) is 0 Å². The summed E-state index contributed by atoms with van der Waals surface area (Å²) in [4.78, 5) is 23.7. The van der Waals surface area contributed by atoms with Gasteiger partial charge in [0.15, 0.2) is 5.78 Å². The molecule has 2 saturated carbocycles. The number of rotatable bonds is 5. The van der Waals surface area contributed by atoms with Gasteiger partial charge in [-0.2, -0.15) is 0 Å². The van der Waals surface area contributed by atoms with Crippen LogP contribution in [0, 0.1) is 17.8 Å². The van der Waals surface area contributed by atoms with Gasteiger partial charge < -0.3 is 10.1 Å². The smallest absolute Gasteiger partial charge is 0.408 e. The van der Waals surface area contributed by atoms with Crippen molar-refractivity contribution in [2.45, 2.75) is 58.1 Å². The highest BCUT2D eigenvalue weighted by molar-refractivity contribution is 5.95. The first-order valence-electron chi connectivity index (χ1n) is 7.47. The molecule has 0 heterocycles. The van der Waals surface area contributed by atoms with E-state index in [0.29, 0.717) is 5.92 Å². The summed E-state index contributed by atoms with van der Waals surface area (Å²) >= 11 is 0. The second kappa shape index (κ2) is 5.58. The molecule has 0 radical (unpaired) electrons. The fourth-order valence-electron chi connectivity index (χ4n) is 3.43. The van der Waals surface area contributed by atoms with Gasteiger partial charge in [0.25, 0.3) is 0 Å². The van der Waals surface area contributed by atoms with E-state index in [-0.39, 0.29) is 5.78 Å². The summed E-state index contributed by atoms with van der Waals surface area (Å²) in [7, 11) is 0. The van der Waals surface area contributed by atoms with E-state index in [1.807, 2.05) is 20.8 Å². The minimum atomic E-state index is -0.554. The van der Waals surface area contributed by atoms with Crippen LogP contribution in [-0.4, -0.2) is 23.5 Å². The molecule has 20 heavy (non-hydrogen) atoms. The van der Waals surface area contributed by atoms with Crippen LogP contribution in [0.15, 0.2) is 12.7 Å².